The highest BCUT2D eigenvalue weighted by Gasteiger charge is 2.14. The van der Waals surface area contributed by atoms with Gasteiger partial charge in [0, 0.05) is 55.9 Å². The highest BCUT2D eigenvalue weighted by atomic mass is 16.5. The van der Waals surface area contributed by atoms with Crippen LogP contribution >= 0.6 is 0 Å². The van der Waals surface area contributed by atoms with Crippen molar-refractivity contribution in [3.63, 3.8) is 0 Å². The fourth-order valence-electron chi connectivity index (χ4n) is 3.54. The number of anilines is 1. The number of aromatic nitrogens is 1. The monoisotopic (exact) mass is 417 g/mol. The number of carbonyl (C=O) groups is 1. The second kappa shape index (κ2) is 10.1. The molecule has 1 aromatic heterocycles. The van der Waals surface area contributed by atoms with Crippen molar-refractivity contribution in [2.75, 3.05) is 38.3 Å². The molecule has 0 saturated carbocycles. The third kappa shape index (κ3) is 5.61. The molecule has 6 nitrogen and oxygen atoms in total. The van der Waals surface area contributed by atoms with Crippen LogP contribution in [-0.4, -0.2) is 49.1 Å². The number of pyridine rings is 1. The molecule has 1 amide bonds. The van der Waals surface area contributed by atoms with Crippen LogP contribution in [0.1, 0.15) is 21.5 Å². The summed E-state index contributed by atoms with van der Waals surface area (Å²) in [5.41, 5.74) is 3.94. The summed E-state index contributed by atoms with van der Waals surface area (Å²) in [7, 11) is 1.82. The summed E-state index contributed by atoms with van der Waals surface area (Å²) in [6, 6.07) is 19.5. The van der Waals surface area contributed by atoms with Crippen LogP contribution in [0, 0.1) is 0 Å². The van der Waals surface area contributed by atoms with Crippen LogP contribution in [0.15, 0.2) is 73.1 Å². The standard InChI is InChI=1S/C25H27N3O3/c1-27(18-20-4-8-23(9-5-20)28-13-15-30-16-14-28)25(29)22-6-10-24(11-7-22)31-19-21-3-2-12-26-17-21/h2-12,17H,13-16,18-19H2,1H3. The Balaban J connectivity index is 1.31. The number of hydrogen-bond donors (Lipinski definition) is 0. The molecule has 1 aliphatic rings. The fraction of sp³-hybridized carbons (Fsp3) is 0.280. The maximum Gasteiger partial charge on any atom is 0.253 e. The van der Waals surface area contributed by atoms with Crippen molar-refractivity contribution < 1.29 is 14.3 Å². The van der Waals surface area contributed by atoms with Gasteiger partial charge in [-0.15, -0.1) is 0 Å². The summed E-state index contributed by atoms with van der Waals surface area (Å²) in [4.78, 5) is 20.9. The van der Waals surface area contributed by atoms with Crippen LogP contribution in [0.25, 0.3) is 0 Å². The summed E-state index contributed by atoms with van der Waals surface area (Å²) in [6.45, 7) is 4.38. The predicted octanol–water partition coefficient (Wildman–Crippen LogP) is 3.77. The number of morpholine rings is 1. The van der Waals surface area contributed by atoms with Gasteiger partial charge in [-0.1, -0.05) is 18.2 Å². The molecule has 0 bridgehead atoms. The van der Waals surface area contributed by atoms with Crippen LogP contribution in [0.2, 0.25) is 0 Å². The first-order chi connectivity index (χ1) is 15.2. The zero-order valence-electron chi connectivity index (χ0n) is 17.7. The van der Waals surface area contributed by atoms with E-state index in [1.165, 1.54) is 5.69 Å². The first-order valence-electron chi connectivity index (χ1n) is 10.5. The van der Waals surface area contributed by atoms with Crippen LogP contribution in [0.3, 0.4) is 0 Å². The van der Waals surface area contributed by atoms with Crippen LogP contribution < -0.4 is 9.64 Å². The predicted molar refractivity (Wildman–Crippen MR) is 120 cm³/mol. The molecular weight excluding hydrogens is 390 g/mol. The Kier molecular flexibility index (Phi) is 6.79. The summed E-state index contributed by atoms with van der Waals surface area (Å²) in [5.74, 6) is 0.706. The van der Waals surface area contributed by atoms with Crippen molar-refractivity contribution >= 4 is 11.6 Å². The van der Waals surface area contributed by atoms with Crippen molar-refractivity contribution in [2.45, 2.75) is 13.2 Å². The Bertz CT molecular complexity index is 969. The van der Waals surface area contributed by atoms with Crippen LogP contribution in [-0.2, 0) is 17.9 Å². The van der Waals surface area contributed by atoms with Crippen molar-refractivity contribution in [3.05, 3.63) is 89.7 Å². The van der Waals surface area contributed by atoms with E-state index in [1.54, 1.807) is 29.4 Å². The van der Waals surface area contributed by atoms with E-state index in [2.05, 4.69) is 34.1 Å². The average molecular weight is 418 g/mol. The molecule has 1 aliphatic heterocycles. The fourth-order valence-corrected chi connectivity index (χ4v) is 3.54. The molecule has 0 radical (unpaired) electrons. The smallest absolute Gasteiger partial charge is 0.253 e. The Labute approximate surface area is 183 Å². The lowest BCUT2D eigenvalue weighted by Gasteiger charge is -2.29. The minimum absolute atomic E-state index is 0.0175. The van der Waals surface area contributed by atoms with E-state index in [0.717, 1.165) is 43.2 Å². The largest absolute Gasteiger partial charge is 0.489 e. The van der Waals surface area contributed by atoms with Crippen molar-refractivity contribution in [2.24, 2.45) is 0 Å². The molecule has 0 spiro atoms. The summed E-state index contributed by atoms with van der Waals surface area (Å²) in [6.07, 6.45) is 3.51. The van der Waals surface area contributed by atoms with Gasteiger partial charge in [0.05, 0.1) is 13.2 Å². The van der Waals surface area contributed by atoms with Crippen LogP contribution in [0.5, 0.6) is 5.75 Å². The maximum atomic E-state index is 12.8. The molecule has 1 fully saturated rings. The molecule has 0 unspecified atom stereocenters. The highest BCUT2D eigenvalue weighted by Crippen LogP contribution is 2.19. The van der Waals surface area contributed by atoms with E-state index in [0.29, 0.717) is 18.7 Å². The first-order valence-corrected chi connectivity index (χ1v) is 10.5. The average Bonchev–Trinajstić information content (AvgIpc) is 2.84. The van der Waals surface area contributed by atoms with Gasteiger partial charge in [-0.2, -0.15) is 0 Å². The van der Waals surface area contributed by atoms with Crippen molar-refractivity contribution in [3.8, 4) is 5.75 Å². The van der Waals surface area contributed by atoms with Gasteiger partial charge in [0.15, 0.2) is 0 Å². The molecule has 1 saturated heterocycles. The van der Waals surface area contributed by atoms with E-state index < -0.39 is 0 Å². The molecule has 0 aliphatic carbocycles. The minimum atomic E-state index is -0.0175. The first kappa shape index (κ1) is 20.9. The normalized spacial score (nSPS) is 13.6. The molecule has 4 rings (SSSR count). The van der Waals surface area contributed by atoms with E-state index in [4.69, 9.17) is 9.47 Å². The Morgan fingerprint density at radius 2 is 1.77 bits per heavy atom. The number of rotatable bonds is 7. The lowest BCUT2D eigenvalue weighted by atomic mass is 10.1. The molecule has 2 aromatic carbocycles. The second-order valence-electron chi connectivity index (χ2n) is 7.60. The van der Waals surface area contributed by atoms with Gasteiger partial charge >= 0.3 is 0 Å². The van der Waals surface area contributed by atoms with Crippen molar-refractivity contribution in [1.29, 1.82) is 0 Å². The Morgan fingerprint density at radius 1 is 1.03 bits per heavy atom. The zero-order valence-corrected chi connectivity index (χ0v) is 17.7. The van der Waals surface area contributed by atoms with Gasteiger partial charge in [-0.05, 0) is 48.0 Å². The SMILES string of the molecule is CN(Cc1ccc(N2CCOCC2)cc1)C(=O)c1ccc(OCc2cccnc2)cc1. The molecule has 160 valence electrons. The number of benzene rings is 2. The van der Waals surface area contributed by atoms with Gasteiger partial charge in [0.1, 0.15) is 12.4 Å². The van der Waals surface area contributed by atoms with E-state index in [-0.39, 0.29) is 5.91 Å². The maximum absolute atomic E-state index is 12.8. The van der Waals surface area contributed by atoms with Crippen molar-refractivity contribution in [1.82, 2.24) is 9.88 Å². The van der Waals surface area contributed by atoms with Gasteiger partial charge in [0.25, 0.3) is 5.91 Å². The summed E-state index contributed by atoms with van der Waals surface area (Å²) < 4.78 is 11.2. The molecule has 2 heterocycles. The second-order valence-corrected chi connectivity index (χ2v) is 7.60. The zero-order chi connectivity index (χ0) is 21.5. The molecule has 3 aromatic rings. The topological polar surface area (TPSA) is 54.9 Å². The van der Waals surface area contributed by atoms with E-state index in [1.807, 2.05) is 31.3 Å². The summed E-state index contributed by atoms with van der Waals surface area (Å²) in [5, 5.41) is 0. The number of carbonyl (C=O) groups excluding carboxylic acids is 1. The minimum Gasteiger partial charge on any atom is -0.489 e. The molecule has 6 heteroatoms. The Morgan fingerprint density at radius 3 is 2.45 bits per heavy atom. The Hall–Kier alpha value is -3.38. The number of amides is 1. The van der Waals surface area contributed by atoms with Gasteiger partial charge in [-0.3, -0.25) is 9.78 Å². The van der Waals surface area contributed by atoms with Gasteiger partial charge in [-0.25, -0.2) is 0 Å². The van der Waals surface area contributed by atoms with Gasteiger partial charge in [0.2, 0.25) is 0 Å². The summed E-state index contributed by atoms with van der Waals surface area (Å²) >= 11 is 0. The third-order valence-corrected chi connectivity index (χ3v) is 5.31. The highest BCUT2D eigenvalue weighted by molar-refractivity contribution is 5.94. The third-order valence-electron chi connectivity index (χ3n) is 5.31. The molecule has 31 heavy (non-hydrogen) atoms. The molecular formula is C25H27N3O3. The van der Waals surface area contributed by atoms with E-state index >= 15 is 0 Å². The van der Waals surface area contributed by atoms with Gasteiger partial charge < -0.3 is 19.3 Å². The molecule has 0 atom stereocenters. The number of hydrogen-bond acceptors (Lipinski definition) is 5. The lowest BCUT2D eigenvalue weighted by Crippen LogP contribution is -2.36. The lowest BCUT2D eigenvalue weighted by molar-refractivity contribution is 0.0785. The quantitative estimate of drug-likeness (QED) is 0.586. The van der Waals surface area contributed by atoms with Crippen LogP contribution in [0.4, 0.5) is 5.69 Å². The number of nitrogens with zero attached hydrogens (tertiary/aromatic N) is 3. The molecule has 0 N–H and O–H groups in total. The van der Waals surface area contributed by atoms with E-state index in [9.17, 15) is 4.79 Å². The number of ether oxygens (including phenoxy) is 2.